The van der Waals surface area contributed by atoms with E-state index in [1.54, 1.807) is 22.7 Å². The van der Waals surface area contributed by atoms with E-state index in [2.05, 4.69) is 0 Å². The molecule has 0 bridgehead atoms. The zero-order chi connectivity index (χ0) is 7.68. The third-order valence-corrected chi connectivity index (χ3v) is 1.63. The summed E-state index contributed by atoms with van der Waals surface area (Å²) >= 11 is 0. The van der Waals surface area contributed by atoms with Crippen LogP contribution in [0.1, 0.15) is 0 Å². The molecule has 2 heteroatoms. The predicted octanol–water partition coefficient (Wildman–Crippen LogP) is 1.30. The lowest BCUT2D eigenvalue weighted by Gasteiger charge is -1.81. The maximum atomic E-state index is 11.2. The van der Waals surface area contributed by atoms with Crippen molar-refractivity contribution in [3.8, 4) is 0 Å². The van der Waals surface area contributed by atoms with Gasteiger partial charge in [0, 0.05) is 17.8 Å². The van der Waals surface area contributed by atoms with Gasteiger partial charge in [0.2, 0.25) is 0 Å². The van der Waals surface area contributed by atoms with Crippen LogP contribution in [0.5, 0.6) is 0 Å². The second-order valence-corrected chi connectivity index (χ2v) is 2.36. The molecular formula is C9H7NO. The molecule has 0 aliphatic carbocycles. The number of aromatic nitrogens is 1. The highest BCUT2D eigenvalue weighted by molar-refractivity contribution is 5.45. The van der Waals surface area contributed by atoms with E-state index in [1.807, 2.05) is 24.3 Å². The van der Waals surface area contributed by atoms with E-state index in [0.717, 1.165) is 5.52 Å². The van der Waals surface area contributed by atoms with Crippen LogP contribution in [-0.4, -0.2) is 4.40 Å². The summed E-state index contributed by atoms with van der Waals surface area (Å²) in [6.07, 6.45) is 1.76. The van der Waals surface area contributed by atoms with Crippen LogP contribution in [0, 0.1) is 0 Å². The average molecular weight is 145 g/mol. The van der Waals surface area contributed by atoms with Crippen LogP contribution in [0.25, 0.3) is 5.52 Å². The van der Waals surface area contributed by atoms with Crippen LogP contribution in [0.2, 0.25) is 0 Å². The van der Waals surface area contributed by atoms with Gasteiger partial charge in [-0.2, -0.15) is 0 Å². The van der Waals surface area contributed by atoms with E-state index in [-0.39, 0.29) is 5.56 Å². The second kappa shape index (κ2) is 2.23. The topological polar surface area (TPSA) is 21.5 Å². The minimum absolute atomic E-state index is 0.00926. The fourth-order valence-electron chi connectivity index (χ4n) is 1.10. The normalized spacial score (nSPS) is 10.2. The summed E-state index contributed by atoms with van der Waals surface area (Å²) in [7, 11) is 0. The van der Waals surface area contributed by atoms with Gasteiger partial charge in [-0.05, 0) is 18.2 Å². The van der Waals surface area contributed by atoms with Crippen molar-refractivity contribution in [2.45, 2.75) is 0 Å². The van der Waals surface area contributed by atoms with Crippen molar-refractivity contribution in [2.24, 2.45) is 0 Å². The Morgan fingerprint density at radius 2 is 1.73 bits per heavy atom. The lowest BCUT2D eigenvalue weighted by Crippen LogP contribution is -2.05. The maximum absolute atomic E-state index is 11.2. The molecule has 11 heavy (non-hydrogen) atoms. The molecule has 0 spiro atoms. The third-order valence-electron chi connectivity index (χ3n) is 1.63. The highest BCUT2D eigenvalue weighted by Crippen LogP contribution is 1.97. The van der Waals surface area contributed by atoms with Crippen molar-refractivity contribution < 1.29 is 0 Å². The quantitative estimate of drug-likeness (QED) is 0.547. The van der Waals surface area contributed by atoms with Gasteiger partial charge in [0.25, 0.3) is 5.56 Å². The number of rotatable bonds is 0. The molecule has 0 aromatic carbocycles. The fraction of sp³-hybridized carbons (Fsp3) is 0. The van der Waals surface area contributed by atoms with Gasteiger partial charge in [0.1, 0.15) is 0 Å². The Kier molecular flexibility index (Phi) is 1.25. The molecule has 0 radical (unpaired) electrons. The van der Waals surface area contributed by atoms with E-state index >= 15 is 0 Å². The summed E-state index contributed by atoms with van der Waals surface area (Å²) in [5.74, 6) is 0. The smallest absolute Gasteiger partial charge is 0.255 e. The van der Waals surface area contributed by atoms with Gasteiger partial charge >= 0.3 is 0 Å². The SMILES string of the molecule is O=c1ccccc2cccn12. The lowest BCUT2D eigenvalue weighted by molar-refractivity contribution is 1.14. The Hall–Kier alpha value is -1.57. The van der Waals surface area contributed by atoms with Crippen LogP contribution in [0.15, 0.2) is 47.4 Å². The first-order valence-corrected chi connectivity index (χ1v) is 3.44. The van der Waals surface area contributed by atoms with Crippen molar-refractivity contribution in [2.75, 3.05) is 0 Å². The molecule has 0 atom stereocenters. The maximum Gasteiger partial charge on any atom is 0.255 e. The van der Waals surface area contributed by atoms with Crippen molar-refractivity contribution >= 4 is 5.52 Å². The third kappa shape index (κ3) is 0.923. The van der Waals surface area contributed by atoms with Crippen molar-refractivity contribution in [3.05, 3.63) is 52.9 Å². The molecule has 0 saturated carbocycles. The summed E-state index contributed by atoms with van der Waals surface area (Å²) in [5, 5.41) is 0. The lowest BCUT2D eigenvalue weighted by atomic mass is 10.4. The first-order valence-electron chi connectivity index (χ1n) is 3.44. The van der Waals surface area contributed by atoms with E-state index in [4.69, 9.17) is 0 Å². The fourth-order valence-corrected chi connectivity index (χ4v) is 1.10. The summed E-state index contributed by atoms with van der Waals surface area (Å²) in [6, 6.07) is 10.8. The van der Waals surface area contributed by atoms with Crippen LogP contribution in [0.4, 0.5) is 0 Å². The second-order valence-electron chi connectivity index (χ2n) is 2.36. The molecule has 0 saturated heterocycles. The molecule has 2 rings (SSSR count). The van der Waals surface area contributed by atoms with Gasteiger partial charge in [-0.15, -0.1) is 0 Å². The largest absolute Gasteiger partial charge is 0.284 e. The standard InChI is InChI=1S/C9H7NO/c11-9-6-2-1-4-8-5-3-7-10(8)9/h1-7H. The first kappa shape index (κ1) is 6.16. The van der Waals surface area contributed by atoms with Crippen LogP contribution >= 0.6 is 0 Å². The van der Waals surface area contributed by atoms with Gasteiger partial charge in [-0.25, -0.2) is 0 Å². The Bertz CT molecular complexity index is 431. The summed E-state index contributed by atoms with van der Waals surface area (Å²) in [5.41, 5.74) is 0.940. The molecular weight excluding hydrogens is 138 g/mol. The summed E-state index contributed by atoms with van der Waals surface area (Å²) in [6.45, 7) is 0. The van der Waals surface area contributed by atoms with Crippen LogP contribution < -0.4 is 5.56 Å². The summed E-state index contributed by atoms with van der Waals surface area (Å²) < 4.78 is 1.61. The van der Waals surface area contributed by atoms with Gasteiger partial charge in [-0.1, -0.05) is 12.1 Å². The van der Waals surface area contributed by atoms with Gasteiger partial charge < -0.3 is 0 Å². The van der Waals surface area contributed by atoms with Gasteiger partial charge in [0.05, 0.1) is 0 Å². The Morgan fingerprint density at radius 3 is 2.64 bits per heavy atom. The highest BCUT2D eigenvalue weighted by Gasteiger charge is 1.89. The number of hydrogen-bond donors (Lipinski definition) is 0. The van der Waals surface area contributed by atoms with Crippen molar-refractivity contribution in [3.63, 3.8) is 0 Å². The minimum atomic E-state index is 0.00926. The molecule has 0 aliphatic heterocycles. The van der Waals surface area contributed by atoms with E-state index in [0.29, 0.717) is 0 Å². The molecule has 2 nitrogen and oxygen atoms in total. The zero-order valence-electron chi connectivity index (χ0n) is 5.90. The summed E-state index contributed by atoms with van der Waals surface area (Å²) in [4.78, 5) is 11.2. The Balaban J connectivity index is 3.09. The van der Waals surface area contributed by atoms with Crippen LogP contribution in [-0.2, 0) is 0 Å². The Morgan fingerprint density at radius 1 is 1.00 bits per heavy atom. The Labute approximate surface area is 63.7 Å². The highest BCUT2D eigenvalue weighted by atomic mass is 16.1. The molecule has 54 valence electrons. The van der Waals surface area contributed by atoms with E-state index in [9.17, 15) is 4.79 Å². The molecule has 0 N–H and O–H groups in total. The van der Waals surface area contributed by atoms with Crippen LogP contribution in [0.3, 0.4) is 0 Å². The van der Waals surface area contributed by atoms with Gasteiger partial charge in [-0.3, -0.25) is 9.20 Å². The molecule has 0 aliphatic rings. The number of nitrogens with zero attached hydrogens (tertiary/aromatic N) is 1. The molecule has 2 heterocycles. The molecule has 2 aromatic heterocycles. The minimum Gasteiger partial charge on any atom is -0.284 e. The molecule has 0 unspecified atom stereocenters. The predicted molar refractivity (Wildman–Crippen MR) is 43.7 cm³/mol. The zero-order valence-corrected chi connectivity index (χ0v) is 5.90. The monoisotopic (exact) mass is 145 g/mol. The van der Waals surface area contributed by atoms with Crippen molar-refractivity contribution in [1.82, 2.24) is 4.40 Å². The molecule has 0 amide bonds. The van der Waals surface area contributed by atoms with Gasteiger partial charge in [0.15, 0.2) is 0 Å². The van der Waals surface area contributed by atoms with E-state index in [1.165, 1.54) is 0 Å². The number of hydrogen-bond acceptors (Lipinski definition) is 1. The van der Waals surface area contributed by atoms with Crippen molar-refractivity contribution in [1.29, 1.82) is 0 Å². The van der Waals surface area contributed by atoms with E-state index < -0.39 is 0 Å². The number of fused-ring (bicyclic) bond motifs is 1. The molecule has 2 aromatic rings. The first-order chi connectivity index (χ1) is 5.38. The average Bonchev–Trinajstić information content (AvgIpc) is 2.40. The molecule has 0 fully saturated rings.